The minimum absolute atomic E-state index is 0.0116. The minimum Gasteiger partial charge on any atom is -0.461 e. The number of fused-ring (bicyclic) bond motifs is 1. The summed E-state index contributed by atoms with van der Waals surface area (Å²) in [4.78, 5) is 49.7. The van der Waals surface area contributed by atoms with Gasteiger partial charge in [-0.1, -0.05) is 32.6 Å². The van der Waals surface area contributed by atoms with E-state index in [-0.39, 0.29) is 42.8 Å². The molecule has 168 valence electrons. The number of nitrogen functional groups attached to an aromatic ring is 1. The van der Waals surface area contributed by atoms with Crippen molar-refractivity contribution < 1.29 is 23.9 Å². The highest BCUT2D eigenvalue weighted by atomic mass is 16.5. The number of nitrogens with one attached hydrogen (secondary N) is 1. The zero-order valence-corrected chi connectivity index (χ0v) is 18.5. The Morgan fingerprint density at radius 3 is 2.58 bits per heavy atom. The largest absolute Gasteiger partial charge is 0.461 e. The number of anilines is 1. The van der Waals surface area contributed by atoms with Crippen molar-refractivity contribution in [2.75, 3.05) is 12.3 Å². The van der Waals surface area contributed by atoms with E-state index >= 15 is 0 Å². The smallest absolute Gasteiger partial charge is 0.306 e. The van der Waals surface area contributed by atoms with Crippen LogP contribution in [0.25, 0.3) is 0 Å². The molecule has 1 amide bonds. The van der Waals surface area contributed by atoms with E-state index in [0.717, 1.165) is 17.5 Å². The van der Waals surface area contributed by atoms with E-state index in [9.17, 15) is 19.2 Å². The third-order valence-corrected chi connectivity index (χ3v) is 5.65. The molecular formula is C24H32N2O5. The molecule has 0 saturated carbocycles. The molecule has 0 saturated heterocycles. The van der Waals surface area contributed by atoms with Crippen LogP contribution in [0.2, 0.25) is 0 Å². The van der Waals surface area contributed by atoms with E-state index in [1.165, 1.54) is 6.08 Å². The van der Waals surface area contributed by atoms with Gasteiger partial charge < -0.3 is 15.8 Å². The molecule has 0 heterocycles. The van der Waals surface area contributed by atoms with Crippen LogP contribution in [-0.4, -0.2) is 36.1 Å². The first-order valence-corrected chi connectivity index (χ1v) is 10.7. The summed E-state index contributed by atoms with van der Waals surface area (Å²) in [6.07, 6.45) is 3.41. The SMILES string of the molecule is C=CCOC(=O)C[C@H](C(=O)N[C@@H](C)C(=O)Cc1ccc(N)c2c1CCCC2=O)C(C)C. The number of hydrogen-bond acceptors (Lipinski definition) is 6. The summed E-state index contributed by atoms with van der Waals surface area (Å²) in [7, 11) is 0. The Hall–Kier alpha value is -2.96. The quantitative estimate of drug-likeness (QED) is 0.336. The maximum absolute atomic E-state index is 12.8. The first kappa shape index (κ1) is 24.3. The van der Waals surface area contributed by atoms with Crippen molar-refractivity contribution in [3.8, 4) is 0 Å². The number of ketones is 2. The van der Waals surface area contributed by atoms with E-state index in [1.54, 1.807) is 19.1 Å². The molecule has 1 aliphatic rings. The van der Waals surface area contributed by atoms with Crippen LogP contribution < -0.4 is 11.1 Å². The van der Waals surface area contributed by atoms with Gasteiger partial charge in [-0.2, -0.15) is 0 Å². The monoisotopic (exact) mass is 428 g/mol. The van der Waals surface area contributed by atoms with Crippen molar-refractivity contribution in [1.82, 2.24) is 5.32 Å². The van der Waals surface area contributed by atoms with Gasteiger partial charge in [0.25, 0.3) is 0 Å². The zero-order valence-electron chi connectivity index (χ0n) is 18.5. The average Bonchev–Trinajstić information content (AvgIpc) is 2.72. The molecular weight excluding hydrogens is 396 g/mol. The molecule has 0 unspecified atom stereocenters. The molecule has 0 aliphatic heterocycles. The highest BCUT2D eigenvalue weighted by molar-refractivity contribution is 6.04. The van der Waals surface area contributed by atoms with Crippen molar-refractivity contribution in [3.63, 3.8) is 0 Å². The number of esters is 1. The van der Waals surface area contributed by atoms with Gasteiger partial charge in [-0.15, -0.1) is 0 Å². The summed E-state index contributed by atoms with van der Waals surface area (Å²) in [5.41, 5.74) is 8.58. The fourth-order valence-corrected chi connectivity index (χ4v) is 3.80. The number of Topliss-reactive ketones (excluding diaryl/α,β-unsaturated/α-hetero) is 2. The minimum atomic E-state index is -0.731. The molecule has 0 spiro atoms. The summed E-state index contributed by atoms with van der Waals surface area (Å²) in [6.45, 7) is 8.90. The Kier molecular flexibility index (Phi) is 8.54. The van der Waals surface area contributed by atoms with E-state index < -0.39 is 17.9 Å². The van der Waals surface area contributed by atoms with Gasteiger partial charge in [-0.25, -0.2) is 0 Å². The van der Waals surface area contributed by atoms with Crippen LogP contribution in [0.4, 0.5) is 5.69 Å². The number of amides is 1. The van der Waals surface area contributed by atoms with Gasteiger partial charge in [-0.3, -0.25) is 19.2 Å². The van der Waals surface area contributed by atoms with Crippen LogP contribution in [0.5, 0.6) is 0 Å². The van der Waals surface area contributed by atoms with Crippen LogP contribution in [0.3, 0.4) is 0 Å². The summed E-state index contributed by atoms with van der Waals surface area (Å²) >= 11 is 0. The molecule has 1 aromatic rings. The van der Waals surface area contributed by atoms with Crippen molar-refractivity contribution in [2.24, 2.45) is 11.8 Å². The van der Waals surface area contributed by atoms with E-state index in [2.05, 4.69) is 11.9 Å². The van der Waals surface area contributed by atoms with Crippen molar-refractivity contribution in [1.29, 1.82) is 0 Å². The molecule has 1 aliphatic carbocycles. The number of benzene rings is 1. The summed E-state index contributed by atoms with van der Waals surface area (Å²) in [5.74, 6) is -1.71. The molecule has 0 fully saturated rings. The van der Waals surface area contributed by atoms with Gasteiger partial charge in [-0.05, 0) is 42.9 Å². The fraction of sp³-hybridized carbons (Fsp3) is 0.500. The standard InChI is InChI=1S/C24H32N2O5/c1-5-11-31-22(29)13-18(14(2)3)24(30)26-15(4)21(28)12-16-9-10-19(25)23-17(16)7-6-8-20(23)27/h5,9-10,14-15,18H,1,6-8,11-13,25H2,2-4H3,(H,26,30)/t15-,18-/m0/s1. The van der Waals surface area contributed by atoms with E-state index in [4.69, 9.17) is 10.5 Å². The van der Waals surface area contributed by atoms with Gasteiger partial charge in [0.2, 0.25) is 5.91 Å². The number of carbonyl (C=O) groups is 4. The summed E-state index contributed by atoms with van der Waals surface area (Å²) in [5, 5.41) is 2.73. The Morgan fingerprint density at radius 2 is 1.94 bits per heavy atom. The van der Waals surface area contributed by atoms with Crippen LogP contribution in [0.15, 0.2) is 24.8 Å². The van der Waals surface area contributed by atoms with E-state index in [1.807, 2.05) is 13.8 Å². The lowest BCUT2D eigenvalue weighted by atomic mass is 9.84. The normalized spacial score (nSPS) is 15.0. The number of carbonyl (C=O) groups excluding carboxylic acids is 4. The Bertz CT molecular complexity index is 875. The van der Waals surface area contributed by atoms with Gasteiger partial charge in [0, 0.05) is 24.1 Å². The fourth-order valence-electron chi connectivity index (χ4n) is 3.80. The maximum Gasteiger partial charge on any atom is 0.306 e. The first-order chi connectivity index (χ1) is 14.6. The Morgan fingerprint density at radius 1 is 1.23 bits per heavy atom. The number of rotatable bonds is 10. The number of ether oxygens (including phenoxy) is 1. The van der Waals surface area contributed by atoms with Crippen LogP contribution in [-0.2, 0) is 32.0 Å². The molecule has 7 nitrogen and oxygen atoms in total. The lowest BCUT2D eigenvalue weighted by molar-refractivity contribution is -0.146. The summed E-state index contributed by atoms with van der Waals surface area (Å²) < 4.78 is 4.98. The Labute approximate surface area is 183 Å². The van der Waals surface area contributed by atoms with Crippen LogP contribution in [0.1, 0.15) is 61.5 Å². The van der Waals surface area contributed by atoms with E-state index in [0.29, 0.717) is 24.1 Å². The second-order valence-electron chi connectivity index (χ2n) is 8.34. The molecule has 7 heteroatoms. The van der Waals surface area contributed by atoms with Crippen LogP contribution in [0, 0.1) is 11.8 Å². The molecule has 1 aromatic carbocycles. The third-order valence-electron chi connectivity index (χ3n) is 5.65. The van der Waals surface area contributed by atoms with Crippen LogP contribution >= 0.6 is 0 Å². The molecule has 0 radical (unpaired) electrons. The molecule has 0 aromatic heterocycles. The number of hydrogen-bond donors (Lipinski definition) is 2. The lowest BCUT2D eigenvalue weighted by Crippen LogP contribution is -2.44. The maximum atomic E-state index is 12.8. The molecule has 0 bridgehead atoms. The first-order valence-electron chi connectivity index (χ1n) is 10.7. The molecule has 2 rings (SSSR count). The molecule has 3 N–H and O–H groups in total. The highest BCUT2D eigenvalue weighted by Gasteiger charge is 2.29. The van der Waals surface area contributed by atoms with Gasteiger partial charge >= 0.3 is 5.97 Å². The highest BCUT2D eigenvalue weighted by Crippen LogP contribution is 2.29. The average molecular weight is 429 g/mol. The Balaban J connectivity index is 2.06. The van der Waals surface area contributed by atoms with Crippen molar-refractivity contribution in [3.05, 3.63) is 41.5 Å². The topological polar surface area (TPSA) is 116 Å². The zero-order chi connectivity index (χ0) is 23.1. The lowest BCUT2D eigenvalue weighted by Gasteiger charge is -2.23. The van der Waals surface area contributed by atoms with Crippen molar-refractivity contribution in [2.45, 2.75) is 58.9 Å². The van der Waals surface area contributed by atoms with Crippen molar-refractivity contribution >= 4 is 29.1 Å². The molecule has 2 atom stereocenters. The molecule has 31 heavy (non-hydrogen) atoms. The predicted molar refractivity (Wildman–Crippen MR) is 119 cm³/mol. The second-order valence-corrected chi connectivity index (χ2v) is 8.34. The number of nitrogens with two attached hydrogens (primary N) is 1. The van der Waals surface area contributed by atoms with Gasteiger partial charge in [0.15, 0.2) is 11.6 Å². The van der Waals surface area contributed by atoms with Gasteiger partial charge in [0.1, 0.15) is 6.61 Å². The second kappa shape index (κ2) is 10.9. The van der Waals surface area contributed by atoms with Gasteiger partial charge in [0.05, 0.1) is 18.4 Å². The third kappa shape index (κ3) is 6.26. The predicted octanol–water partition coefficient (Wildman–Crippen LogP) is 2.80. The summed E-state index contributed by atoms with van der Waals surface area (Å²) in [6, 6.07) is 2.72.